The first kappa shape index (κ1) is 24.0. The number of amides is 1. The van der Waals surface area contributed by atoms with E-state index < -0.39 is 0 Å². The van der Waals surface area contributed by atoms with Crippen LogP contribution in [0.5, 0.6) is 11.5 Å². The molecule has 32 heavy (non-hydrogen) atoms. The van der Waals surface area contributed by atoms with Gasteiger partial charge in [0.15, 0.2) is 0 Å². The summed E-state index contributed by atoms with van der Waals surface area (Å²) < 4.78 is 11.4. The molecule has 3 aromatic rings. The van der Waals surface area contributed by atoms with Gasteiger partial charge in [-0.2, -0.15) is 0 Å². The summed E-state index contributed by atoms with van der Waals surface area (Å²) in [4.78, 5) is 12.7. The van der Waals surface area contributed by atoms with Gasteiger partial charge in [0.1, 0.15) is 18.1 Å². The normalized spacial score (nSPS) is 11.2. The lowest BCUT2D eigenvalue weighted by Crippen LogP contribution is -2.23. The Bertz CT molecular complexity index is 1090. The van der Waals surface area contributed by atoms with Crippen molar-refractivity contribution in [2.75, 3.05) is 7.11 Å². The Hall–Kier alpha value is -2.69. The lowest BCUT2D eigenvalue weighted by molar-refractivity contribution is 0.0950. The minimum atomic E-state index is -0.213. The largest absolute Gasteiger partial charge is 0.496 e. The van der Waals surface area contributed by atoms with Crippen LogP contribution in [0.3, 0.4) is 0 Å². The third kappa shape index (κ3) is 6.18. The van der Waals surface area contributed by atoms with Gasteiger partial charge in [-0.1, -0.05) is 62.2 Å². The number of nitrogens with one attached hydrogen (secondary N) is 1. The van der Waals surface area contributed by atoms with Crippen LogP contribution >= 0.6 is 23.2 Å². The molecule has 3 rings (SSSR count). The molecule has 0 unspecified atom stereocenters. The second kappa shape index (κ2) is 10.3. The highest BCUT2D eigenvalue weighted by Crippen LogP contribution is 2.26. The predicted octanol–water partition coefficient (Wildman–Crippen LogP) is 6.81. The maximum absolute atomic E-state index is 12.7. The smallest absolute Gasteiger partial charge is 0.251 e. The first-order valence-electron chi connectivity index (χ1n) is 10.3. The fraction of sp³-hybridized carbons (Fsp3) is 0.269. The summed E-state index contributed by atoms with van der Waals surface area (Å²) in [5.41, 5.74) is 3.41. The molecule has 0 radical (unpaired) electrons. The zero-order valence-corrected chi connectivity index (χ0v) is 20.2. The van der Waals surface area contributed by atoms with Gasteiger partial charge >= 0.3 is 0 Å². The molecule has 0 aromatic heterocycles. The first-order chi connectivity index (χ1) is 15.2. The van der Waals surface area contributed by atoms with Gasteiger partial charge in [-0.25, -0.2) is 0 Å². The maximum Gasteiger partial charge on any atom is 0.251 e. The van der Waals surface area contributed by atoms with E-state index in [0.717, 1.165) is 16.9 Å². The highest BCUT2D eigenvalue weighted by Gasteiger charge is 2.14. The van der Waals surface area contributed by atoms with Crippen molar-refractivity contribution in [2.24, 2.45) is 0 Å². The molecule has 0 atom stereocenters. The van der Waals surface area contributed by atoms with Gasteiger partial charge in [-0.15, -0.1) is 0 Å². The van der Waals surface area contributed by atoms with E-state index in [2.05, 4.69) is 38.2 Å². The van der Waals surface area contributed by atoms with Crippen molar-refractivity contribution in [3.63, 3.8) is 0 Å². The summed E-state index contributed by atoms with van der Waals surface area (Å²) in [6.45, 7) is 7.09. The third-order valence-electron chi connectivity index (χ3n) is 5.11. The SMILES string of the molecule is COc1ccc(C(=O)NCc2ccc(Cl)cc2Cl)cc1COc1ccc(C(C)(C)C)cc1. The molecule has 1 N–H and O–H groups in total. The van der Waals surface area contributed by atoms with E-state index >= 15 is 0 Å². The molecule has 0 spiro atoms. The number of rotatable bonds is 7. The van der Waals surface area contributed by atoms with E-state index in [1.54, 1.807) is 43.5 Å². The molecule has 3 aromatic carbocycles. The van der Waals surface area contributed by atoms with E-state index in [1.807, 2.05) is 12.1 Å². The molecule has 0 bridgehead atoms. The molecule has 4 nitrogen and oxygen atoms in total. The summed E-state index contributed by atoms with van der Waals surface area (Å²) in [6.07, 6.45) is 0. The van der Waals surface area contributed by atoms with E-state index in [9.17, 15) is 4.79 Å². The fourth-order valence-corrected chi connectivity index (χ4v) is 3.66. The number of halogens is 2. The molecule has 0 aliphatic carbocycles. The Labute approximate surface area is 199 Å². The molecule has 0 saturated heterocycles. The molecule has 1 amide bonds. The van der Waals surface area contributed by atoms with Crippen molar-refractivity contribution >= 4 is 29.1 Å². The van der Waals surface area contributed by atoms with Crippen LogP contribution < -0.4 is 14.8 Å². The van der Waals surface area contributed by atoms with Gasteiger partial charge in [0.25, 0.3) is 5.91 Å². The first-order valence-corrected chi connectivity index (χ1v) is 11.1. The van der Waals surface area contributed by atoms with Crippen LogP contribution in [0.2, 0.25) is 10.0 Å². The summed E-state index contributed by atoms with van der Waals surface area (Å²) in [6, 6.07) is 18.5. The molecule has 0 fully saturated rings. The minimum Gasteiger partial charge on any atom is -0.496 e. The van der Waals surface area contributed by atoms with Gasteiger partial charge < -0.3 is 14.8 Å². The second-order valence-electron chi connectivity index (χ2n) is 8.51. The third-order valence-corrected chi connectivity index (χ3v) is 5.70. The standard InChI is InChI=1S/C26H27Cl2NO3/c1-26(2,3)20-7-10-22(11-8-20)32-16-19-13-17(6-12-24(19)31-4)25(30)29-15-18-5-9-21(27)14-23(18)28/h5-14H,15-16H2,1-4H3,(H,29,30). The lowest BCUT2D eigenvalue weighted by atomic mass is 9.87. The average molecular weight is 472 g/mol. The van der Waals surface area contributed by atoms with E-state index in [4.69, 9.17) is 32.7 Å². The Kier molecular flexibility index (Phi) is 7.70. The zero-order chi connectivity index (χ0) is 23.3. The van der Waals surface area contributed by atoms with Crippen LogP contribution in [0, 0.1) is 0 Å². The summed E-state index contributed by atoms with van der Waals surface area (Å²) in [5.74, 6) is 1.20. The highest BCUT2D eigenvalue weighted by atomic mass is 35.5. The summed E-state index contributed by atoms with van der Waals surface area (Å²) in [7, 11) is 1.60. The van der Waals surface area contributed by atoms with Gasteiger partial charge in [-0.05, 0) is 59.0 Å². The minimum absolute atomic E-state index is 0.0830. The van der Waals surface area contributed by atoms with Crippen LogP contribution in [0.4, 0.5) is 0 Å². The van der Waals surface area contributed by atoms with Crippen molar-refractivity contribution in [1.82, 2.24) is 5.32 Å². The van der Waals surface area contributed by atoms with Gasteiger partial charge in [0.05, 0.1) is 7.11 Å². The number of ether oxygens (including phenoxy) is 2. The number of hydrogen-bond donors (Lipinski definition) is 1. The number of methoxy groups -OCH3 is 1. The van der Waals surface area contributed by atoms with Crippen LogP contribution in [0.1, 0.15) is 47.8 Å². The molecule has 0 saturated carbocycles. The average Bonchev–Trinajstić information content (AvgIpc) is 2.76. The Morgan fingerprint density at radius 2 is 1.66 bits per heavy atom. The van der Waals surface area contributed by atoms with Gasteiger partial charge in [0, 0.05) is 27.7 Å². The Balaban J connectivity index is 1.68. The van der Waals surface area contributed by atoms with Crippen molar-refractivity contribution in [2.45, 2.75) is 39.3 Å². The van der Waals surface area contributed by atoms with Crippen LogP contribution in [0.15, 0.2) is 60.7 Å². The predicted molar refractivity (Wildman–Crippen MR) is 130 cm³/mol. The van der Waals surface area contributed by atoms with Crippen LogP contribution in [-0.4, -0.2) is 13.0 Å². The van der Waals surface area contributed by atoms with Gasteiger partial charge in [-0.3, -0.25) is 4.79 Å². The summed E-state index contributed by atoms with van der Waals surface area (Å²) in [5, 5.41) is 3.95. The Morgan fingerprint density at radius 1 is 0.938 bits per heavy atom. The topological polar surface area (TPSA) is 47.6 Å². The molecule has 0 aliphatic heterocycles. The van der Waals surface area contributed by atoms with Crippen LogP contribution in [-0.2, 0) is 18.6 Å². The Morgan fingerprint density at radius 3 is 2.28 bits per heavy atom. The lowest BCUT2D eigenvalue weighted by Gasteiger charge is -2.19. The second-order valence-corrected chi connectivity index (χ2v) is 9.35. The van der Waals surface area contributed by atoms with E-state index in [0.29, 0.717) is 27.9 Å². The van der Waals surface area contributed by atoms with Crippen molar-refractivity contribution in [3.05, 3.63) is 93.0 Å². The molecular weight excluding hydrogens is 445 g/mol. The summed E-state index contributed by atoms with van der Waals surface area (Å²) >= 11 is 12.1. The molecule has 0 aliphatic rings. The van der Waals surface area contributed by atoms with E-state index in [1.165, 1.54) is 5.56 Å². The number of benzene rings is 3. The molecule has 168 valence electrons. The maximum atomic E-state index is 12.7. The number of carbonyl (C=O) groups excluding carboxylic acids is 1. The van der Waals surface area contributed by atoms with E-state index in [-0.39, 0.29) is 17.9 Å². The number of carbonyl (C=O) groups is 1. The van der Waals surface area contributed by atoms with Crippen LogP contribution in [0.25, 0.3) is 0 Å². The fourth-order valence-electron chi connectivity index (χ4n) is 3.19. The quantitative estimate of drug-likeness (QED) is 0.411. The molecular formula is C26H27Cl2NO3. The van der Waals surface area contributed by atoms with Gasteiger partial charge in [0.2, 0.25) is 0 Å². The molecule has 6 heteroatoms. The van der Waals surface area contributed by atoms with Crippen molar-refractivity contribution in [3.8, 4) is 11.5 Å². The molecule has 0 heterocycles. The van der Waals surface area contributed by atoms with Crippen molar-refractivity contribution in [1.29, 1.82) is 0 Å². The highest BCUT2D eigenvalue weighted by molar-refractivity contribution is 6.35. The monoisotopic (exact) mass is 471 g/mol. The van der Waals surface area contributed by atoms with Crippen molar-refractivity contribution < 1.29 is 14.3 Å². The zero-order valence-electron chi connectivity index (χ0n) is 18.7. The number of hydrogen-bond acceptors (Lipinski definition) is 3.